The van der Waals surface area contributed by atoms with Gasteiger partial charge in [-0.1, -0.05) is 30.3 Å². The van der Waals surface area contributed by atoms with E-state index in [4.69, 9.17) is 0 Å². The number of carbonyl (C=O) groups excluding carboxylic acids is 1. The molecule has 0 bridgehead atoms. The second-order valence-electron chi connectivity index (χ2n) is 5.72. The number of aromatic nitrogens is 1. The number of hydrogen-bond acceptors (Lipinski definition) is 6. The zero-order chi connectivity index (χ0) is 20.0. The van der Waals surface area contributed by atoms with E-state index in [1.807, 2.05) is 17.5 Å². The molecule has 0 aliphatic heterocycles. The third kappa shape index (κ3) is 4.62. The molecule has 0 radical (unpaired) electrons. The van der Waals surface area contributed by atoms with E-state index < -0.39 is 22.5 Å². The minimum atomic E-state index is -3.97. The fourth-order valence-corrected chi connectivity index (χ4v) is 4.44. The lowest BCUT2D eigenvalue weighted by molar-refractivity contribution is -0.119. The highest BCUT2D eigenvalue weighted by Crippen LogP contribution is 2.21. The Morgan fingerprint density at radius 1 is 1.11 bits per heavy atom. The Balaban J connectivity index is 1.84. The van der Waals surface area contributed by atoms with Gasteiger partial charge in [0.1, 0.15) is 12.4 Å². The summed E-state index contributed by atoms with van der Waals surface area (Å²) >= 11 is 1.50. The molecule has 9 heteroatoms. The Hall–Kier alpha value is -3.04. The Labute approximate surface area is 167 Å². The molecule has 0 saturated carbocycles. The monoisotopic (exact) mass is 414 g/mol. The summed E-state index contributed by atoms with van der Waals surface area (Å²) in [4.78, 5) is 17.5. The van der Waals surface area contributed by atoms with Crippen LogP contribution in [0.3, 0.4) is 0 Å². The predicted octanol–water partition coefficient (Wildman–Crippen LogP) is 2.88. The summed E-state index contributed by atoms with van der Waals surface area (Å²) in [5.41, 5.74) is 3.05. The van der Waals surface area contributed by atoms with E-state index in [0.29, 0.717) is 5.71 Å². The lowest BCUT2D eigenvalue weighted by Crippen LogP contribution is -2.40. The number of nitrogens with one attached hydrogen (secondary N) is 1. The summed E-state index contributed by atoms with van der Waals surface area (Å²) in [5.74, 6) is -0.415. The van der Waals surface area contributed by atoms with Crippen LogP contribution < -0.4 is 9.73 Å². The number of sulfonamides is 1. The summed E-state index contributed by atoms with van der Waals surface area (Å²) in [6, 6.07) is 16.6. The maximum atomic E-state index is 13.1. The van der Waals surface area contributed by atoms with Crippen molar-refractivity contribution in [1.82, 2.24) is 10.4 Å². The highest BCUT2D eigenvalue weighted by Gasteiger charge is 2.27. The fraction of sp³-hybridized carbons (Fsp3) is 0.105. The normalized spacial score (nSPS) is 11.8. The second kappa shape index (κ2) is 8.77. The Morgan fingerprint density at radius 3 is 2.50 bits per heavy atom. The molecule has 3 rings (SSSR count). The van der Waals surface area contributed by atoms with E-state index >= 15 is 0 Å². The van der Waals surface area contributed by atoms with Crippen molar-refractivity contribution in [1.29, 1.82) is 0 Å². The fourth-order valence-electron chi connectivity index (χ4n) is 2.36. The van der Waals surface area contributed by atoms with Gasteiger partial charge in [-0.25, -0.2) is 23.1 Å². The van der Waals surface area contributed by atoms with Crippen molar-refractivity contribution in [2.75, 3.05) is 10.8 Å². The first kappa shape index (κ1) is 19.7. The summed E-state index contributed by atoms with van der Waals surface area (Å²) in [6.45, 7) is 1.32. The van der Waals surface area contributed by atoms with Gasteiger partial charge in [0.05, 0.1) is 10.6 Å². The van der Waals surface area contributed by atoms with Crippen LogP contribution in [0.15, 0.2) is 82.2 Å². The van der Waals surface area contributed by atoms with Crippen molar-refractivity contribution in [3.8, 4) is 0 Å². The van der Waals surface area contributed by atoms with Crippen LogP contribution in [-0.2, 0) is 14.8 Å². The molecule has 0 aliphatic rings. The van der Waals surface area contributed by atoms with E-state index in [1.54, 1.807) is 37.3 Å². The Bertz CT molecular complexity index is 1050. The number of nitrogens with zero attached hydrogens (tertiary/aromatic N) is 3. The van der Waals surface area contributed by atoms with Crippen LogP contribution in [0.1, 0.15) is 11.8 Å². The van der Waals surface area contributed by atoms with Crippen LogP contribution in [0.4, 0.5) is 5.82 Å². The summed E-state index contributed by atoms with van der Waals surface area (Å²) in [7, 11) is -3.97. The highest BCUT2D eigenvalue weighted by molar-refractivity contribution is 7.92. The van der Waals surface area contributed by atoms with E-state index in [2.05, 4.69) is 15.5 Å². The van der Waals surface area contributed by atoms with E-state index in [9.17, 15) is 13.2 Å². The van der Waals surface area contributed by atoms with Crippen molar-refractivity contribution >= 4 is 38.8 Å². The van der Waals surface area contributed by atoms with Crippen molar-refractivity contribution in [2.45, 2.75) is 11.8 Å². The van der Waals surface area contributed by atoms with Crippen molar-refractivity contribution in [3.63, 3.8) is 0 Å². The van der Waals surface area contributed by atoms with Crippen LogP contribution in [-0.4, -0.2) is 31.6 Å². The summed E-state index contributed by atoms with van der Waals surface area (Å²) in [5, 5.41) is 5.96. The van der Waals surface area contributed by atoms with E-state index in [0.717, 1.165) is 9.18 Å². The largest absolute Gasteiger partial charge is 0.271 e. The van der Waals surface area contributed by atoms with Gasteiger partial charge >= 0.3 is 0 Å². The average molecular weight is 415 g/mol. The lowest BCUT2D eigenvalue weighted by Gasteiger charge is -2.22. The maximum absolute atomic E-state index is 13.1. The minimum Gasteiger partial charge on any atom is -0.271 e. The standard InChI is InChI=1S/C19H18N4O3S2/c1-15(17-10-7-13-27-17)21-22-19(24)14-23(18-11-5-6-12-20-18)28(25,26)16-8-3-2-4-9-16/h2-13H,14H2,1H3,(H,22,24)/b21-15-. The van der Waals surface area contributed by atoms with Gasteiger partial charge in [-0.15, -0.1) is 11.3 Å². The molecule has 1 aromatic carbocycles. The topological polar surface area (TPSA) is 91.7 Å². The third-order valence-corrected chi connectivity index (χ3v) is 6.49. The molecule has 2 aromatic heterocycles. The van der Waals surface area contributed by atoms with Gasteiger partial charge in [0, 0.05) is 11.1 Å². The smallest absolute Gasteiger partial charge is 0.265 e. The molecular weight excluding hydrogens is 396 g/mol. The first-order chi connectivity index (χ1) is 13.5. The van der Waals surface area contributed by atoms with Gasteiger partial charge in [0.15, 0.2) is 0 Å². The molecule has 0 atom stereocenters. The van der Waals surface area contributed by atoms with Gasteiger partial charge in [0.2, 0.25) is 0 Å². The molecule has 0 unspecified atom stereocenters. The molecule has 2 heterocycles. The molecule has 7 nitrogen and oxygen atoms in total. The van der Waals surface area contributed by atoms with Gasteiger partial charge in [-0.2, -0.15) is 5.10 Å². The average Bonchev–Trinajstić information content (AvgIpc) is 3.26. The van der Waals surface area contributed by atoms with Gasteiger partial charge < -0.3 is 0 Å². The van der Waals surface area contributed by atoms with Crippen LogP contribution in [0.5, 0.6) is 0 Å². The molecule has 0 fully saturated rings. The Kier molecular flexibility index (Phi) is 6.17. The first-order valence-electron chi connectivity index (χ1n) is 8.34. The predicted molar refractivity (Wildman–Crippen MR) is 110 cm³/mol. The first-order valence-corrected chi connectivity index (χ1v) is 10.7. The highest BCUT2D eigenvalue weighted by atomic mass is 32.2. The number of amides is 1. The van der Waals surface area contributed by atoms with Crippen LogP contribution in [0, 0.1) is 0 Å². The number of anilines is 1. The van der Waals surface area contributed by atoms with Crippen LogP contribution >= 0.6 is 11.3 Å². The number of carbonyl (C=O) groups is 1. The number of rotatable bonds is 7. The van der Waals surface area contributed by atoms with Gasteiger partial charge in [-0.05, 0) is 42.6 Å². The third-order valence-electron chi connectivity index (χ3n) is 3.75. The van der Waals surface area contributed by atoms with Crippen molar-refractivity contribution in [3.05, 3.63) is 77.1 Å². The minimum absolute atomic E-state index is 0.0757. The molecule has 1 N–H and O–H groups in total. The number of hydrazone groups is 1. The van der Waals surface area contributed by atoms with Crippen molar-refractivity contribution in [2.24, 2.45) is 5.10 Å². The SMILES string of the molecule is C/C(=N/NC(=O)CN(c1ccccn1)S(=O)(=O)c1ccccc1)c1cccs1. The number of thiophene rings is 1. The molecule has 1 amide bonds. The molecular formula is C19H18N4O3S2. The number of benzene rings is 1. The molecule has 0 aliphatic carbocycles. The maximum Gasteiger partial charge on any atom is 0.265 e. The second-order valence-corrected chi connectivity index (χ2v) is 8.53. The van der Waals surface area contributed by atoms with Crippen molar-refractivity contribution < 1.29 is 13.2 Å². The zero-order valence-electron chi connectivity index (χ0n) is 15.0. The Morgan fingerprint density at radius 2 is 1.86 bits per heavy atom. The molecule has 3 aromatic rings. The lowest BCUT2D eigenvalue weighted by atomic mass is 10.3. The van der Waals surface area contributed by atoms with Gasteiger partial charge in [0.25, 0.3) is 15.9 Å². The molecule has 0 saturated heterocycles. The quantitative estimate of drug-likeness (QED) is 0.475. The van der Waals surface area contributed by atoms with Gasteiger partial charge in [-0.3, -0.25) is 4.79 Å². The van der Waals surface area contributed by atoms with Crippen LogP contribution in [0.25, 0.3) is 0 Å². The zero-order valence-corrected chi connectivity index (χ0v) is 16.7. The number of pyridine rings is 1. The van der Waals surface area contributed by atoms with Crippen LogP contribution in [0.2, 0.25) is 0 Å². The summed E-state index contributed by atoms with van der Waals surface area (Å²) < 4.78 is 27.1. The van der Waals surface area contributed by atoms with E-state index in [1.165, 1.54) is 35.7 Å². The number of hydrogen-bond donors (Lipinski definition) is 1. The summed E-state index contributed by atoms with van der Waals surface area (Å²) in [6.07, 6.45) is 1.47. The molecule has 144 valence electrons. The molecule has 0 spiro atoms. The molecule has 28 heavy (non-hydrogen) atoms. The van der Waals surface area contributed by atoms with E-state index in [-0.39, 0.29) is 10.7 Å².